The summed E-state index contributed by atoms with van der Waals surface area (Å²) in [4.78, 5) is 41.1. The normalized spacial score (nSPS) is 12.4. The number of carbonyl (C=O) groups excluding carboxylic acids is 2. The maximum atomic E-state index is 14.0. The molecule has 1 aromatic heterocycles. The summed E-state index contributed by atoms with van der Waals surface area (Å²) in [6.45, 7) is 2.55. The van der Waals surface area contributed by atoms with Crippen LogP contribution in [0.1, 0.15) is 44.8 Å². The molecule has 0 aliphatic carbocycles. The van der Waals surface area contributed by atoms with Gasteiger partial charge in [0.25, 0.3) is 11.8 Å². The topological polar surface area (TPSA) is 120 Å². The van der Waals surface area contributed by atoms with Crippen molar-refractivity contribution in [2.45, 2.75) is 26.0 Å². The van der Waals surface area contributed by atoms with Crippen LogP contribution in [0.2, 0.25) is 0 Å². The Labute approximate surface area is 263 Å². The fraction of sp³-hybridized carbons (Fsp3) is 0.387. The Kier molecular flexibility index (Phi) is 12.6. The number of aromatic nitrogens is 1. The van der Waals surface area contributed by atoms with Gasteiger partial charge >= 0.3 is 0 Å². The van der Waals surface area contributed by atoms with Crippen LogP contribution in [0.15, 0.2) is 59.5 Å². The molecule has 1 aliphatic rings. The van der Waals surface area contributed by atoms with Gasteiger partial charge < -0.3 is 34.6 Å². The Morgan fingerprint density at radius 2 is 1.75 bits per heavy atom. The summed E-state index contributed by atoms with van der Waals surface area (Å²) in [6.07, 6.45) is 2.79. The standard InChI is InChI=1S/C31H36BrFN4O7/c1-36-21-35-37-19-25(28(38)29(27(37)31(36)40)44-20-22-7-3-2-4-8-22)30(39)34-18-23-9-10-24(33)17-26(23)43-14-6-13-42-16-15-41-12-5-11-32/h2-4,7-10,17,19,35H,5-6,11-16,18,20-21H2,1H3,(H,34,39). The van der Waals surface area contributed by atoms with E-state index in [9.17, 15) is 18.8 Å². The predicted molar refractivity (Wildman–Crippen MR) is 166 cm³/mol. The molecule has 0 unspecified atom stereocenters. The summed E-state index contributed by atoms with van der Waals surface area (Å²) in [6, 6.07) is 13.2. The highest BCUT2D eigenvalue weighted by molar-refractivity contribution is 9.09. The quantitative estimate of drug-likeness (QED) is 0.164. The molecule has 2 amide bonds. The van der Waals surface area contributed by atoms with Crippen molar-refractivity contribution in [1.82, 2.24) is 14.9 Å². The third-order valence-electron chi connectivity index (χ3n) is 6.62. The highest BCUT2D eigenvalue weighted by atomic mass is 79.9. The number of rotatable bonds is 17. The summed E-state index contributed by atoms with van der Waals surface area (Å²) in [5.41, 5.74) is 3.35. The second-order valence-electron chi connectivity index (χ2n) is 9.92. The van der Waals surface area contributed by atoms with Gasteiger partial charge in [-0.3, -0.25) is 19.1 Å². The predicted octanol–water partition coefficient (Wildman–Crippen LogP) is 3.67. The summed E-state index contributed by atoms with van der Waals surface area (Å²) in [5.74, 6) is -1.56. The van der Waals surface area contributed by atoms with Crippen LogP contribution in [-0.4, -0.2) is 73.5 Å². The van der Waals surface area contributed by atoms with E-state index in [0.717, 1.165) is 17.3 Å². The Hall–Kier alpha value is -3.94. The number of alkyl halides is 1. The van der Waals surface area contributed by atoms with Gasteiger partial charge in [-0.25, -0.2) is 4.39 Å². The van der Waals surface area contributed by atoms with Crippen LogP contribution in [-0.2, 0) is 22.6 Å². The van der Waals surface area contributed by atoms with Gasteiger partial charge in [0, 0.05) is 56.4 Å². The molecule has 44 heavy (non-hydrogen) atoms. The number of fused-ring (bicyclic) bond motifs is 1. The highest BCUT2D eigenvalue weighted by Crippen LogP contribution is 2.22. The number of amides is 2. The van der Waals surface area contributed by atoms with Gasteiger partial charge in [-0.05, 0) is 18.1 Å². The number of carbonyl (C=O) groups is 2. The van der Waals surface area contributed by atoms with E-state index >= 15 is 0 Å². The molecular formula is C31H36BrFN4O7. The summed E-state index contributed by atoms with van der Waals surface area (Å²) in [7, 11) is 1.59. The van der Waals surface area contributed by atoms with E-state index in [4.69, 9.17) is 18.9 Å². The molecule has 3 aromatic rings. The molecular weight excluding hydrogens is 639 g/mol. The van der Waals surface area contributed by atoms with Gasteiger partial charge in [-0.15, -0.1) is 0 Å². The molecule has 0 saturated heterocycles. The molecule has 2 aromatic carbocycles. The molecule has 0 radical (unpaired) electrons. The fourth-order valence-electron chi connectivity index (χ4n) is 4.28. The van der Waals surface area contributed by atoms with Gasteiger partial charge in [-0.1, -0.05) is 52.3 Å². The fourth-order valence-corrected chi connectivity index (χ4v) is 4.51. The average Bonchev–Trinajstić information content (AvgIpc) is 3.03. The van der Waals surface area contributed by atoms with E-state index in [1.54, 1.807) is 7.05 Å². The Balaban J connectivity index is 1.40. The number of ether oxygens (including phenoxy) is 4. The Morgan fingerprint density at radius 1 is 1.00 bits per heavy atom. The zero-order chi connectivity index (χ0) is 31.3. The van der Waals surface area contributed by atoms with Crippen molar-refractivity contribution in [3.63, 3.8) is 0 Å². The molecule has 4 rings (SSSR count). The van der Waals surface area contributed by atoms with Crippen molar-refractivity contribution in [2.24, 2.45) is 0 Å². The number of benzene rings is 2. The van der Waals surface area contributed by atoms with E-state index in [2.05, 4.69) is 26.7 Å². The molecule has 1 aliphatic heterocycles. The number of halogens is 2. The first-order valence-corrected chi connectivity index (χ1v) is 15.4. The molecule has 11 nitrogen and oxygen atoms in total. The number of pyridine rings is 1. The number of hydrogen-bond acceptors (Lipinski definition) is 8. The van der Waals surface area contributed by atoms with E-state index in [0.29, 0.717) is 38.4 Å². The smallest absolute Gasteiger partial charge is 0.277 e. The second-order valence-corrected chi connectivity index (χ2v) is 10.7. The Bertz CT molecular complexity index is 1470. The molecule has 0 atom stereocenters. The number of nitrogens with zero attached hydrogens (tertiary/aromatic N) is 2. The van der Waals surface area contributed by atoms with Crippen molar-refractivity contribution < 1.29 is 32.9 Å². The lowest BCUT2D eigenvalue weighted by Gasteiger charge is -2.29. The third-order valence-corrected chi connectivity index (χ3v) is 7.18. The molecule has 236 valence electrons. The largest absolute Gasteiger partial charge is 0.493 e. The molecule has 0 bridgehead atoms. The molecule has 2 N–H and O–H groups in total. The lowest BCUT2D eigenvalue weighted by atomic mass is 10.1. The first-order valence-electron chi connectivity index (χ1n) is 14.3. The summed E-state index contributed by atoms with van der Waals surface area (Å²) >= 11 is 3.35. The zero-order valence-corrected chi connectivity index (χ0v) is 26.1. The van der Waals surface area contributed by atoms with Crippen molar-refractivity contribution in [2.75, 3.05) is 57.5 Å². The van der Waals surface area contributed by atoms with E-state index in [-0.39, 0.29) is 49.2 Å². The maximum absolute atomic E-state index is 14.0. The molecule has 13 heteroatoms. The minimum absolute atomic E-state index is 0.00314. The van der Waals surface area contributed by atoms with Crippen molar-refractivity contribution in [1.29, 1.82) is 0 Å². The average molecular weight is 676 g/mol. The molecule has 0 saturated carbocycles. The zero-order valence-electron chi connectivity index (χ0n) is 24.5. The van der Waals surface area contributed by atoms with Crippen LogP contribution >= 0.6 is 15.9 Å². The third kappa shape index (κ3) is 9.04. The number of hydrogen-bond donors (Lipinski definition) is 2. The van der Waals surface area contributed by atoms with E-state index in [1.807, 2.05) is 30.3 Å². The lowest BCUT2D eigenvalue weighted by molar-refractivity contribution is 0.0440. The first kappa shape index (κ1) is 33.0. The molecule has 0 spiro atoms. The van der Waals surface area contributed by atoms with Gasteiger partial charge in [-0.2, -0.15) is 0 Å². The Morgan fingerprint density at radius 3 is 2.50 bits per heavy atom. The van der Waals surface area contributed by atoms with Crippen LogP contribution in [0.5, 0.6) is 11.5 Å². The van der Waals surface area contributed by atoms with Crippen LogP contribution < -0.4 is 25.6 Å². The van der Waals surface area contributed by atoms with Crippen LogP contribution in [0, 0.1) is 5.82 Å². The monoisotopic (exact) mass is 674 g/mol. The van der Waals surface area contributed by atoms with Gasteiger partial charge in [0.15, 0.2) is 11.4 Å². The van der Waals surface area contributed by atoms with Gasteiger partial charge in [0.2, 0.25) is 5.43 Å². The summed E-state index contributed by atoms with van der Waals surface area (Å²) < 4.78 is 37.9. The van der Waals surface area contributed by atoms with E-state index in [1.165, 1.54) is 34.0 Å². The number of nitrogens with one attached hydrogen (secondary N) is 2. The van der Waals surface area contributed by atoms with Crippen LogP contribution in [0.4, 0.5) is 4.39 Å². The SMILES string of the molecule is CN1CNn2cc(C(=O)NCc3ccc(F)cc3OCCCOCCOCCCBr)c(=O)c(OCc3ccccc3)c2C1=O. The minimum Gasteiger partial charge on any atom is -0.493 e. The maximum Gasteiger partial charge on any atom is 0.277 e. The molecule has 0 fully saturated rings. The van der Waals surface area contributed by atoms with Crippen molar-refractivity contribution in [3.05, 3.63) is 93.2 Å². The first-order chi connectivity index (χ1) is 21.4. The van der Waals surface area contributed by atoms with Crippen LogP contribution in [0.3, 0.4) is 0 Å². The van der Waals surface area contributed by atoms with Crippen LogP contribution in [0.25, 0.3) is 0 Å². The highest BCUT2D eigenvalue weighted by Gasteiger charge is 2.30. The van der Waals surface area contributed by atoms with Crippen molar-refractivity contribution in [3.8, 4) is 11.5 Å². The van der Waals surface area contributed by atoms with Gasteiger partial charge in [0.05, 0.1) is 19.8 Å². The molecule has 2 heterocycles. The summed E-state index contributed by atoms with van der Waals surface area (Å²) in [5, 5.41) is 3.60. The lowest BCUT2D eigenvalue weighted by Crippen LogP contribution is -2.45. The second kappa shape index (κ2) is 16.8. The van der Waals surface area contributed by atoms with Crippen molar-refractivity contribution >= 4 is 27.7 Å². The minimum atomic E-state index is -0.723. The van der Waals surface area contributed by atoms with Gasteiger partial charge in [0.1, 0.15) is 30.4 Å². The van der Waals surface area contributed by atoms with E-state index < -0.39 is 23.1 Å².